The van der Waals surface area contributed by atoms with Gasteiger partial charge in [0.2, 0.25) is 11.8 Å². The number of ether oxygens (including phenoxy) is 1. The standard InChI is InChI=1S/C15H21N3O3/c16-12(11-4-2-1-3-5-11)6-7-14(19)18-8-9-21-13(10-18)15(17)20/h1-5,12-13H,6-10,16H2,(H2,17,20)/t12-,13+/m0/s1. The molecule has 1 heterocycles. The number of nitrogens with two attached hydrogens (primary N) is 2. The van der Waals surface area contributed by atoms with Crippen molar-refractivity contribution in [2.24, 2.45) is 11.5 Å². The van der Waals surface area contributed by atoms with Gasteiger partial charge in [-0.3, -0.25) is 9.59 Å². The van der Waals surface area contributed by atoms with Crippen molar-refractivity contribution < 1.29 is 14.3 Å². The number of rotatable bonds is 5. The van der Waals surface area contributed by atoms with E-state index in [0.29, 0.717) is 26.0 Å². The van der Waals surface area contributed by atoms with E-state index in [9.17, 15) is 9.59 Å². The normalized spacial score (nSPS) is 20.0. The second kappa shape index (κ2) is 7.19. The summed E-state index contributed by atoms with van der Waals surface area (Å²) in [5.74, 6) is -0.551. The second-order valence-corrected chi connectivity index (χ2v) is 5.16. The number of amides is 2. The highest BCUT2D eigenvalue weighted by Gasteiger charge is 2.27. The van der Waals surface area contributed by atoms with Crippen molar-refractivity contribution >= 4 is 11.8 Å². The number of hydrogen-bond acceptors (Lipinski definition) is 4. The maximum Gasteiger partial charge on any atom is 0.248 e. The van der Waals surface area contributed by atoms with Crippen LogP contribution < -0.4 is 11.5 Å². The largest absolute Gasteiger partial charge is 0.367 e. The molecule has 0 unspecified atom stereocenters. The van der Waals surface area contributed by atoms with Crippen molar-refractivity contribution in [3.63, 3.8) is 0 Å². The Hall–Kier alpha value is -1.92. The third-order valence-corrected chi connectivity index (χ3v) is 3.63. The fourth-order valence-corrected chi connectivity index (χ4v) is 2.35. The fraction of sp³-hybridized carbons (Fsp3) is 0.467. The van der Waals surface area contributed by atoms with E-state index >= 15 is 0 Å². The minimum atomic E-state index is -0.703. The molecule has 6 heteroatoms. The van der Waals surface area contributed by atoms with Crippen LogP contribution in [0.2, 0.25) is 0 Å². The van der Waals surface area contributed by atoms with Crippen molar-refractivity contribution in [2.45, 2.75) is 25.0 Å². The van der Waals surface area contributed by atoms with E-state index in [2.05, 4.69) is 0 Å². The Morgan fingerprint density at radius 3 is 2.71 bits per heavy atom. The molecule has 0 bridgehead atoms. The zero-order valence-corrected chi connectivity index (χ0v) is 11.9. The first-order valence-corrected chi connectivity index (χ1v) is 7.07. The number of benzene rings is 1. The molecule has 4 N–H and O–H groups in total. The summed E-state index contributed by atoms with van der Waals surface area (Å²) >= 11 is 0. The van der Waals surface area contributed by atoms with Gasteiger partial charge in [-0.2, -0.15) is 0 Å². The number of morpholine rings is 1. The molecule has 2 amide bonds. The summed E-state index contributed by atoms with van der Waals surface area (Å²) in [6, 6.07) is 9.52. The molecular formula is C15H21N3O3. The van der Waals surface area contributed by atoms with E-state index in [1.54, 1.807) is 4.90 Å². The maximum absolute atomic E-state index is 12.2. The molecule has 0 radical (unpaired) electrons. The van der Waals surface area contributed by atoms with Crippen LogP contribution in [0, 0.1) is 0 Å². The number of nitrogens with zero attached hydrogens (tertiary/aromatic N) is 1. The molecule has 6 nitrogen and oxygen atoms in total. The minimum absolute atomic E-state index is 0.0177. The number of carbonyl (C=O) groups is 2. The molecule has 0 spiro atoms. The second-order valence-electron chi connectivity index (χ2n) is 5.16. The number of hydrogen-bond donors (Lipinski definition) is 2. The van der Waals surface area contributed by atoms with Crippen molar-refractivity contribution in [2.75, 3.05) is 19.7 Å². The fourth-order valence-electron chi connectivity index (χ4n) is 2.35. The van der Waals surface area contributed by atoms with Gasteiger partial charge in [0.25, 0.3) is 0 Å². The third kappa shape index (κ3) is 4.27. The first kappa shape index (κ1) is 15.5. The highest BCUT2D eigenvalue weighted by atomic mass is 16.5. The summed E-state index contributed by atoms with van der Waals surface area (Å²) in [6.07, 6.45) is 0.216. The van der Waals surface area contributed by atoms with Gasteiger partial charge < -0.3 is 21.1 Å². The van der Waals surface area contributed by atoms with E-state index in [1.165, 1.54) is 0 Å². The van der Waals surface area contributed by atoms with Crippen LogP contribution in [0.25, 0.3) is 0 Å². The van der Waals surface area contributed by atoms with Crippen LogP contribution in [0.15, 0.2) is 30.3 Å². The molecule has 1 aliphatic rings. The molecule has 1 saturated heterocycles. The van der Waals surface area contributed by atoms with E-state index < -0.39 is 12.0 Å². The molecule has 0 aliphatic carbocycles. The van der Waals surface area contributed by atoms with E-state index in [1.807, 2.05) is 30.3 Å². The zero-order chi connectivity index (χ0) is 15.2. The van der Waals surface area contributed by atoms with Crippen LogP contribution in [0.3, 0.4) is 0 Å². The predicted molar refractivity (Wildman–Crippen MR) is 78.1 cm³/mol. The lowest BCUT2D eigenvalue weighted by Gasteiger charge is -2.31. The van der Waals surface area contributed by atoms with Gasteiger partial charge in [0, 0.05) is 19.0 Å². The quantitative estimate of drug-likeness (QED) is 0.808. The summed E-state index contributed by atoms with van der Waals surface area (Å²) in [5, 5.41) is 0. The third-order valence-electron chi connectivity index (χ3n) is 3.63. The zero-order valence-electron chi connectivity index (χ0n) is 11.9. The van der Waals surface area contributed by atoms with Crippen LogP contribution in [-0.4, -0.2) is 42.5 Å². The summed E-state index contributed by atoms with van der Waals surface area (Å²) in [4.78, 5) is 24.9. The lowest BCUT2D eigenvalue weighted by atomic mass is 10.0. The van der Waals surface area contributed by atoms with Gasteiger partial charge in [0.15, 0.2) is 6.10 Å². The average molecular weight is 291 g/mol. The van der Waals surface area contributed by atoms with Crippen molar-refractivity contribution in [3.8, 4) is 0 Å². The number of primary amides is 1. The SMILES string of the molecule is NC(=O)[C@H]1CN(C(=O)CC[C@H](N)c2ccccc2)CCO1. The maximum atomic E-state index is 12.2. The molecular weight excluding hydrogens is 270 g/mol. The van der Waals surface area contributed by atoms with Crippen LogP contribution in [0.4, 0.5) is 0 Å². The summed E-state index contributed by atoms with van der Waals surface area (Å²) < 4.78 is 5.22. The molecule has 0 saturated carbocycles. The molecule has 2 atom stereocenters. The highest BCUT2D eigenvalue weighted by Crippen LogP contribution is 2.16. The summed E-state index contributed by atoms with van der Waals surface area (Å²) in [5.41, 5.74) is 12.3. The van der Waals surface area contributed by atoms with Gasteiger partial charge in [0.1, 0.15) is 0 Å². The van der Waals surface area contributed by atoms with Crippen LogP contribution >= 0.6 is 0 Å². The van der Waals surface area contributed by atoms with E-state index in [-0.39, 0.29) is 18.5 Å². The van der Waals surface area contributed by atoms with Crippen LogP contribution in [0.5, 0.6) is 0 Å². The Kier molecular flexibility index (Phi) is 5.30. The van der Waals surface area contributed by atoms with Crippen molar-refractivity contribution in [3.05, 3.63) is 35.9 Å². The summed E-state index contributed by atoms with van der Waals surface area (Å²) in [7, 11) is 0. The van der Waals surface area contributed by atoms with Gasteiger partial charge >= 0.3 is 0 Å². The van der Waals surface area contributed by atoms with Crippen molar-refractivity contribution in [1.29, 1.82) is 0 Å². The van der Waals surface area contributed by atoms with Gasteiger partial charge in [-0.05, 0) is 12.0 Å². The van der Waals surface area contributed by atoms with Gasteiger partial charge in [-0.25, -0.2) is 0 Å². The van der Waals surface area contributed by atoms with Gasteiger partial charge in [-0.15, -0.1) is 0 Å². The molecule has 1 aromatic rings. The molecule has 1 aromatic carbocycles. The summed E-state index contributed by atoms with van der Waals surface area (Å²) in [6.45, 7) is 1.06. The monoisotopic (exact) mass is 291 g/mol. The molecule has 21 heavy (non-hydrogen) atoms. The molecule has 1 aliphatic heterocycles. The lowest BCUT2D eigenvalue weighted by molar-refractivity contribution is -0.145. The minimum Gasteiger partial charge on any atom is -0.367 e. The lowest BCUT2D eigenvalue weighted by Crippen LogP contribution is -2.50. The molecule has 0 aromatic heterocycles. The first-order valence-electron chi connectivity index (χ1n) is 7.07. The van der Waals surface area contributed by atoms with Gasteiger partial charge in [0.05, 0.1) is 13.2 Å². The topological polar surface area (TPSA) is 98.7 Å². The smallest absolute Gasteiger partial charge is 0.248 e. The predicted octanol–water partition coefficient (Wildman–Crippen LogP) is 0.179. The van der Waals surface area contributed by atoms with Crippen molar-refractivity contribution in [1.82, 2.24) is 4.90 Å². The Morgan fingerprint density at radius 2 is 2.05 bits per heavy atom. The Bertz CT molecular complexity index is 492. The van der Waals surface area contributed by atoms with Gasteiger partial charge in [-0.1, -0.05) is 30.3 Å². The average Bonchev–Trinajstić information content (AvgIpc) is 2.53. The Balaban J connectivity index is 1.83. The van der Waals surface area contributed by atoms with Crippen LogP contribution in [-0.2, 0) is 14.3 Å². The van der Waals surface area contributed by atoms with E-state index in [0.717, 1.165) is 5.56 Å². The first-order chi connectivity index (χ1) is 10.1. The van der Waals surface area contributed by atoms with E-state index in [4.69, 9.17) is 16.2 Å². The highest BCUT2D eigenvalue weighted by molar-refractivity contribution is 5.81. The van der Waals surface area contributed by atoms with Crippen LogP contribution in [0.1, 0.15) is 24.4 Å². The molecule has 1 fully saturated rings. The Morgan fingerprint density at radius 1 is 1.33 bits per heavy atom. The number of carbonyl (C=O) groups excluding carboxylic acids is 2. The Labute approximate surface area is 124 Å². The molecule has 114 valence electrons. The molecule has 2 rings (SSSR count).